The van der Waals surface area contributed by atoms with Crippen LogP contribution in [0.5, 0.6) is 0 Å². The lowest BCUT2D eigenvalue weighted by Gasteiger charge is -2.05. The first-order valence-electron chi connectivity index (χ1n) is 7.85. The molecule has 0 bridgehead atoms. The number of nitrogens with one attached hydrogen (secondary N) is 1. The fourth-order valence-electron chi connectivity index (χ4n) is 2.52. The molecule has 1 aromatic heterocycles. The lowest BCUT2D eigenvalue weighted by atomic mass is 10.1. The lowest BCUT2D eigenvalue weighted by molar-refractivity contribution is -0.120. The van der Waals surface area contributed by atoms with Crippen LogP contribution in [0.25, 0.3) is 11.0 Å². The molecule has 2 aromatic carbocycles. The van der Waals surface area contributed by atoms with Crippen molar-refractivity contribution in [1.29, 1.82) is 0 Å². The topological polar surface area (TPSA) is 81.4 Å². The summed E-state index contributed by atoms with van der Waals surface area (Å²) in [7, 11) is 1.34. The number of aromatic nitrogens is 1. The van der Waals surface area contributed by atoms with E-state index in [9.17, 15) is 9.59 Å². The van der Waals surface area contributed by atoms with Gasteiger partial charge in [0.15, 0.2) is 5.58 Å². The molecule has 0 aliphatic rings. The molecule has 0 atom stereocenters. The Morgan fingerprint density at radius 3 is 2.64 bits per heavy atom. The molecule has 0 saturated carbocycles. The zero-order chi connectivity index (χ0) is 17.8. The van der Waals surface area contributed by atoms with Gasteiger partial charge in [-0.2, -0.15) is 0 Å². The summed E-state index contributed by atoms with van der Waals surface area (Å²) >= 11 is 0. The smallest absolute Gasteiger partial charge is 0.337 e. The Balaban J connectivity index is 1.61. The maximum Gasteiger partial charge on any atom is 0.337 e. The van der Waals surface area contributed by atoms with Crippen LogP contribution in [0.1, 0.15) is 27.2 Å². The van der Waals surface area contributed by atoms with Gasteiger partial charge in [0.1, 0.15) is 5.69 Å². The Labute approximate surface area is 144 Å². The number of methoxy groups -OCH3 is 1. The minimum absolute atomic E-state index is 0.145. The van der Waals surface area contributed by atoms with Gasteiger partial charge in [-0.1, -0.05) is 28.9 Å². The molecule has 3 rings (SSSR count). The second kappa shape index (κ2) is 7.17. The van der Waals surface area contributed by atoms with Crippen LogP contribution in [0.4, 0.5) is 0 Å². The molecule has 25 heavy (non-hydrogen) atoms. The van der Waals surface area contributed by atoms with Crippen molar-refractivity contribution in [2.45, 2.75) is 19.9 Å². The van der Waals surface area contributed by atoms with Gasteiger partial charge in [-0.3, -0.25) is 4.79 Å². The normalized spacial score (nSPS) is 10.6. The monoisotopic (exact) mass is 338 g/mol. The highest BCUT2D eigenvalue weighted by molar-refractivity contribution is 5.89. The Morgan fingerprint density at radius 1 is 1.16 bits per heavy atom. The number of fused-ring (bicyclic) bond motifs is 1. The summed E-state index contributed by atoms with van der Waals surface area (Å²) in [5, 5.41) is 7.69. The van der Waals surface area contributed by atoms with E-state index < -0.39 is 0 Å². The molecule has 0 saturated heterocycles. The van der Waals surface area contributed by atoms with Crippen molar-refractivity contribution in [2.75, 3.05) is 7.11 Å². The third-order valence-electron chi connectivity index (χ3n) is 3.89. The molecule has 1 amide bonds. The third kappa shape index (κ3) is 3.85. The van der Waals surface area contributed by atoms with Gasteiger partial charge in [0.25, 0.3) is 0 Å². The minimum atomic E-state index is -0.385. The summed E-state index contributed by atoms with van der Waals surface area (Å²) < 4.78 is 9.89. The predicted molar refractivity (Wildman–Crippen MR) is 92.1 cm³/mol. The molecule has 3 aromatic rings. The van der Waals surface area contributed by atoms with Crippen LogP contribution in [-0.2, 0) is 22.5 Å². The van der Waals surface area contributed by atoms with Crippen molar-refractivity contribution in [1.82, 2.24) is 10.5 Å². The van der Waals surface area contributed by atoms with E-state index in [1.807, 2.05) is 25.1 Å². The van der Waals surface area contributed by atoms with Crippen molar-refractivity contribution in [3.05, 3.63) is 64.8 Å². The van der Waals surface area contributed by atoms with Crippen LogP contribution in [0.3, 0.4) is 0 Å². The molecule has 0 aliphatic heterocycles. The summed E-state index contributed by atoms with van der Waals surface area (Å²) in [4.78, 5) is 23.6. The van der Waals surface area contributed by atoms with Crippen LogP contribution in [-0.4, -0.2) is 24.1 Å². The summed E-state index contributed by atoms with van der Waals surface area (Å²) in [6.07, 6.45) is 0.150. The Hall–Kier alpha value is -3.15. The van der Waals surface area contributed by atoms with Gasteiger partial charge in [-0.25, -0.2) is 4.79 Å². The predicted octanol–water partition coefficient (Wildman–Crippen LogP) is 2.78. The van der Waals surface area contributed by atoms with Gasteiger partial charge in [0.2, 0.25) is 5.91 Å². The number of esters is 1. The average Bonchev–Trinajstić information content (AvgIpc) is 3.01. The van der Waals surface area contributed by atoms with Crippen LogP contribution in [0, 0.1) is 6.92 Å². The summed E-state index contributed by atoms with van der Waals surface area (Å²) in [6.45, 7) is 2.35. The largest absolute Gasteiger partial charge is 0.465 e. The number of amides is 1. The second-order valence-corrected chi connectivity index (χ2v) is 5.77. The molecule has 1 heterocycles. The molecule has 128 valence electrons. The number of ether oxygens (including phenoxy) is 1. The number of benzene rings is 2. The molecule has 0 unspecified atom stereocenters. The SMILES string of the molecule is COC(=O)c1ccc(CNC(=O)Cc2noc3ccc(C)cc23)cc1. The number of nitrogens with zero attached hydrogens (tertiary/aromatic N) is 1. The van der Waals surface area contributed by atoms with Gasteiger partial charge >= 0.3 is 5.97 Å². The lowest BCUT2D eigenvalue weighted by Crippen LogP contribution is -2.24. The van der Waals surface area contributed by atoms with E-state index in [1.165, 1.54) is 7.11 Å². The number of aryl methyl sites for hydroxylation is 1. The minimum Gasteiger partial charge on any atom is -0.465 e. The number of hydrogen-bond donors (Lipinski definition) is 1. The molecule has 0 spiro atoms. The van der Waals surface area contributed by atoms with Gasteiger partial charge in [0.05, 0.1) is 19.1 Å². The van der Waals surface area contributed by atoms with Gasteiger partial charge in [-0.15, -0.1) is 0 Å². The van der Waals surface area contributed by atoms with Crippen molar-refractivity contribution in [3.8, 4) is 0 Å². The fourth-order valence-corrected chi connectivity index (χ4v) is 2.52. The van der Waals surface area contributed by atoms with Crippen molar-refractivity contribution in [2.24, 2.45) is 0 Å². The van der Waals surface area contributed by atoms with Gasteiger partial charge < -0.3 is 14.6 Å². The molecular formula is C19H18N2O4. The van der Waals surface area contributed by atoms with E-state index in [-0.39, 0.29) is 18.3 Å². The van der Waals surface area contributed by atoms with Crippen molar-refractivity contribution in [3.63, 3.8) is 0 Å². The molecule has 1 N–H and O–H groups in total. The number of hydrogen-bond acceptors (Lipinski definition) is 5. The van der Waals surface area contributed by atoms with Gasteiger partial charge in [-0.05, 0) is 36.8 Å². The maximum atomic E-state index is 12.2. The second-order valence-electron chi connectivity index (χ2n) is 5.77. The number of carbonyl (C=O) groups excluding carboxylic acids is 2. The van der Waals surface area contributed by atoms with E-state index in [4.69, 9.17) is 4.52 Å². The molecule has 0 fully saturated rings. The van der Waals surface area contributed by atoms with Crippen molar-refractivity contribution < 1.29 is 18.8 Å². The summed E-state index contributed by atoms with van der Waals surface area (Å²) in [5.74, 6) is -0.530. The fraction of sp³-hybridized carbons (Fsp3) is 0.211. The Morgan fingerprint density at radius 2 is 1.92 bits per heavy atom. The van der Waals surface area contributed by atoms with Gasteiger partial charge in [0, 0.05) is 11.9 Å². The molecular weight excluding hydrogens is 320 g/mol. The van der Waals surface area contributed by atoms with E-state index in [1.54, 1.807) is 24.3 Å². The zero-order valence-corrected chi connectivity index (χ0v) is 14.0. The van der Waals surface area contributed by atoms with Crippen LogP contribution in [0.2, 0.25) is 0 Å². The van der Waals surface area contributed by atoms with E-state index >= 15 is 0 Å². The summed E-state index contributed by atoms with van der Waals surface area (Å²) in [5.41, 5.74) is 3.75. The zero-order valence-electron chi connectivity index (χ0n) is 14.0. The molecule has 6 nitrogen and oxygen atoms in total. The first-order chi connectivity index (χ1) is 12.1. The van der Waals surface area contributed by atoms with Crippen molar-refractivity contribution >= 4 is 22.8 Å². The van der Waals surface area contributed by atoms with E-state index in [0.717, 1.165) is 16.5 Å². The first-order valence-corrected chi connectivity index (χ1v) is 7.85. The van der Waals surface area contributed by atoms with Crippen LogP contribution < -0.4 is 5.32 Å². The highest BCUT2D eigenvalue weighted by Crippen LogP contribution is 2.20. The standard InChI is InChI=1S/C19H18N2O4/c1-12-3-8-17-15(9-12)16(21-25-17)10-18(22)20-11-13-4-6-14(7-5-13)19(23)24-2/h3-9H,10-11H2,1-2H3,(H,20,22). The number of rotatable bonds is 5. The quantitative estimate of drug-likeness (QED) is 0.724. The molecule has 6 heteroatoms. The molecule has 0 aliphatic carbocycles. The first kappa shape index (κ1) is 16.7. The average molecular weight is 338 g/mol. The van der Waals surface area contributed by atoms with E-state index in [2.05, 4.69) is 15.2 Å². The highest BCUT2D eigenvalue weighted by atomic mass is 16.5. The Bertz CT molecular complexity index is 913. The van der Waals surface area contributed by atoms with E-state index in [0.29, 0.717) is 23.4 Å². The number of carbonyl (C=O) groups is 2. The Kier molecular flexibility index (Phi) is 4.79. The highest BCUT2D eigenvalue weighted by Gasteiger charge is 2.12. The summed E-state index contributed by atoms with van der Waals surface area (Å²) in [6, 6.07) is 12.6. The van der Waals surface area contributed by atoms with Crippen LogP contribution >= 0.6 is 0 Å². The molecule has 0 radical (unpaired) electrons. The third-order valence-corrected chi connectivity index (χ3v) is 3.89. The van der Waals surface area contributed by atoms with Crippen LogP contribution in [0.15, 0.2) is 47.0 Å². The maximum absolute atomic E-state index is 12.2.